The van der Waals surface area contributed by atoms with Crippen LogP contribution in [0.15, 0.2) is 30.5 Å². The standard InChI is InChI=1S/C21H21N5/c22-11-16-4-6-18(7-5-16)20-19(8-3-15-1-2-15)14-25-21(26-20)24-13-17-9-10-23-12-17/h4-7,14-15,17,23H,1-2,9-10,12-13H2,(H,24,25,26)/t17-/m0/s1. The summed E-state index contributed by atoms with van der Waals surface area (Å²) >= 11 is 0. The fraction of sp³-hybridized carbons (Fsp3) is 0.381. The van der Waals surface area contributed by atoms with Gasteiger partial charge in [-0.15, -0.1) is 0 Å². The first-order valence-corrected chi connectivity index (χ1v) is 9.15. The lowest BCUT2D eigenvalue weighted by Gasteiger charge is -2.12. The second kappa shape index (κ2) is 7.56. The van der Waals surface area contributed by atoms with Crippen molar-refractivity contribution in [1.82, 2.24) is 15.3 Å². The van der Waals surface area contributed by atoms with Crippen molar-refractivity contribution in [3.05, 3.63) is 41.6 Å². The van der Waals surface area contributed by atoms with Crippen molar-refractivity contribution in [2.45, 2.75) is 19.3 Å². The van der Waals surface area contributed by atoms with E-state index in [1.807, 2.05) is 30.5 Å². The highest BCUT2D eigenvalue weighted by molar-refractivity contribution is 5.68. The summed E-state index contributed by atoms with van der Waals surface area (Å²) in [5.41, 5.74) is 3.26. The molecule has 130 valence electrons. The van der Waals surface area contributed by atoms with Crippen molar-refractivity contribution in [2.75, 3.05) is 25.0 Å². The van der Waals surface area contributed by atoms with Crippen LogP contribution in [-0.2, 0) is 0 Å². The molecule has 0 radical (unpaired) electrons. The molecule has 1 aliphatic heterocycles. The second-order valence-electron chi connectivity index (χ2n) is 6.93. The summed E-state index contributed by atoms with van der Waals surface area (Å²) in [6, 6.07) is 9.63. The van der Waals surface area contributed by atoms with E-state index < -0.39 is 0 Å². The maximum atomic E-state index is 9.01. The van der Waals surface area contributed by atoms with Gasteiger partial charge in [-0.05, 0) is 50.4 Å². The number of rotatable bonds is 4. The van der Waals surface area contributed by atoms with Crippen LogP contribution in [0.2, 0.25) is 0 Å². The van der Waals surface area contributed by atoms with Crippen molar-refractivity contribution in [1.29, 1.82) is 5.26 Å². The van der Waals surface area contributed by atoms with Crippen LogP contribution in [0.5, 0.6) is 0 Å². The highest BCUT2D eigenvalue weighted by Gasteiger charge is 2.18. The fourth-order valence-corrected chi connectivity index (χ4v) is 3.01. The van der Waals surface area contributed by atoms with Crippen LogP contribution < -0.4 is 10.6 Å². The molecule has 2 fully saturated rings. The van der Waals surface area contributed by atoms with E-state index in [0.717, 1.165) is 36.5 Å². The Bertz CT molecular complexity index is 875. The first-order chi connectivity index (χ1) is 12.8. The molecule has 0 amide bonds. The van der Waals surface area contributed by atoms with E-state index in [9.17, 15) is 0 Å². The summed E-state index contributed by atoms with van der Waals surface area (Å²) in [5, 5.41) is 15.7. The van der Waals surface area contributed by atoms with Gasteiger partial charge >= 0.3 is 0 Å². The molecule has 1 aromatic heterocycles. The van der Waals surface area contributed by atoms with Gasteiger partial charge < -0.3 is 10.6 Å². The van der Waals surface area contributed by atoms with Crippen LogP contribution in [-0.4, -0.2) is 29.6 Å². The van der Waals surface area contributed by atoms with Gasteiger partial charge in [-0.2, -0.15) is 5.26 Å². The zero-order valence-corrected chi connectivity index (χ0v) is 14.6. The third-order valence-corrected chi connectivity index (χ3v) is 4.78. The molecular formula is C21H21N5. The smallest absolute Gasteiger partial charge is 0.223 e. The topological polar surface area (TPSA) is 73.6 Å². The van der Waals surface area contributed by atoms with Crippen LogP contribution >= 0.6 is 0 Å². The van der Waals surface area contributed by atoms with Crippen LogP contribution in [0.1, 0.15) is 30.4 Å². The van der Waals surface area contributed by atoms with E-state index in [4.69, 9.17) is 10.2 Å². The summed E-state index contributed by atoms with van der Waals surface area (Å²) in [5.74, 6) is 8.31. The first kappa shape index (κ1) is 16.6. The summed E-state index contributed by atoms with van der Waals surface area (Å²) in [6.07, 6.45) is 5.37. The normalized spacial score (nSPS) is 18.7. The van der Waals surface area contributed by atoms with Crippen molar-refractivity contribution in [3.63, 3.8) is 0 Å². The van der Waals surface area contributed by atoms with E-state index in [1.54, 1.807) is 0 Å². The predicted molar refractivity (Wildman–Crippen MR) is 101 cm³/mol. The summed E-state index contributed by atoms with van der Waals surface area (Å²) in [4.78, 5) is 9.19. The number of anilines is 1. The zero-order valence-electron chi connectivity index (χ0n) is 14.6. The van der Waals surface area contributed by atoms with E-state index in [-0.39, 0.29) is 0 Å². The predicted octanol–water partition coefficient (Wildman–Crippen LogP) is 2.80. The molecular weight excluding hydrogens is 322 g/mol. The summed E-state index contributed by atoms with van der Waals surface area (Å²) in [7, 11) is 0. The number of nitrogens with zero attached hydrogens (tertiary/aromatic N) is 3. The van der Waals surface area contributed by atoms with Gasteiger partial charge in [0.25, 0.3) is 0 Å². The molecule has 1 aromatic carbocycles. The highest BCUT2D eigenvalue weighted by Crippen LogP contribution is 2.28. The Morgan fingerprint density at radius 2 is 2.04 bits per heavy atom. The molecule has 1 saturated heterocycles. The van der Waals surface area contributed by atoms with Gasteiger partial charge in [0.1, 0.15) is 0 Å². The first-order valence-electron chi connectivity index (χ1n) is 9.15. The number of benzene rings is 1. The maximum Gasteiger partial charge on any atom is 0.223 e. The quantitative estimate of drug-likeness (QED) is 0.835. The molecule has 2 aliphatic rings. The van der Waals surface area contributed by atoms with Crippen molar-refractivity contribution in [3.8, 4) is 29.2 Å². The Morgan fingerprint density at radius 3 is 2.73 bits per heavy atom. The molecule has 4 rings (SSSR count). The van der Waals surface area contributed by atoms with Gasteiger partial charge in [-0.3, -0.25) is 0 Å². The minimum Gasteiger partial charge on any atom is -0.354 e. The van der Waals surface area contributed by atoms with Crippen LogP contribution in [0.25, 0.3) is 11.3 Å². The van der Waals surface area contributed by atoms with Gasteiger partial charge in [-0.1, -0.05) is 24.0 Å². The summed E-state index contributed by atoms with van der Waals surface area (Å²) < 4.78 is 0. The number of nitriles is 1. The van der Waals surface area contributed by atoms with Gasteiger partial charge in [0.2, 0.25) is 5.95 Å². The van der Waals surface area contributed by atoms with E-state index in [2.05, 4.69) is 33.5 Å². The average molecular weight is 343 g/mol. The number of hydrogen-bond acceptors (Lipinski definition) is 5. The minimum absolute atomic E-state index is 0.525. The molecule has 2 heterocycles. The molecule has 1 saturated carbocycles. The Balaban J connectivity index is 1.61. The molecule has 26 heavy (non-hydrogen) atoms. The highest BCUT2D eigenvalue weighted by atomic mass is 15.1. The van der Waals surface area contributed by atoms with E-state index >= 15 is 0 Å². The third-order valence-electron chi connectivity index (χ3n) is 4.78. The largest absolute Gasteiger partial charge is 0.354 e. The summed E-state index contributed by atoms with van der Waals surface area (Å²) in [6.45, 7) is 2.99. The average Bonchev–Trinajstić information content (AvgIpc) is 3.38. The van der Waals surface area contributed by atoms with Gasteiger partial charge in [-0.25, -0.2) is 9.97 Å². The zero-order chi connectivity index (χ0) is 17.8. The molecule has 0 bridgehead atoms. The molecule has 2 aromatic rings. The van der Waals surface area contributed by atoms with Crippen molar-refractivity contribution >= 4 is 5.95 Å². The van der Waals surface area contributed by atoms with Crippen LogP contribution in [0.4, 0.5) is 5.95 Å². The lowest BCUT2D eigenvalue weighted by molar-refractivity contribution is 0.613. The Hall–Kier alpha value is -2.89. The van der Waals surface area contributed by atoms with Crippen molar-refractivity contribution < 1.29 is 0 Å². The van der Waals surface area contributed by atoms with Crippen LogP contribution in [0, 0.1) is 35.0 Å². The number of aromatic nitrogens is 2. The Kier molecular flexibility index (Phi) is 4.82. The van der Waals surface area contributed by atoms with E-state index in [0.29, 0.717) is 23.3 Å². The number of nitrogens with one attached hydrogen (secondary N) is 2. The maximum absolute atomic E-state index is 9.01. The molecule has 2 N–H and O–H groups in total. The fourth-order valence-electron chi connectivity index (χ4n) is 3.01. The number of hydrogen-bond donors (Lipinski definition) is 2. The Labute approximate surface area is 153 Å². The molecule has 0 unspecified atom stereocenters. The Morgan fingerprint density at radius 1 is 1.19 bits per heavy atom. The second-order valence-corrected chi connectivity index (χ2v) is 6.93. The van der Waals surface area contributed by atoms with Gasteiger partial charge in [0.05, 0.1) is 22.9 Å². The monoisotopic (exact) mass is 343 g/mol. The lowest BCUT2D eigenvalue weighted by Crippen LogP contribution is -2.18. The van der Waals surface area contributed by atoms with Gasteiger partial charge in [0.15, 0.2) is 0 Å². The van der Waals surface area contributed by atoms with E-state index in [1.165, 1.54) is 19.3 Å². The SMILES string of the molecule is N#Cc1ccc(-c2nc(NC[C@H]3CCNC3)ncc2C#CC2CC2)cc1. The lowest BCUT2D eigenvalue weighted by atomic mass is 10.1. The molecule has 5 heteroatoms. The molecule has 1 atom stereocenters. The molecule has 1 aliphatic carbocycles. The van der Waals surface area contributed by atoms with Gasteiger partial charge in [0, 0.05) is 24.2 Å². The van der Waals surface area contributed by atoms with Crippen LogP contribution in [0.3, 0.4) is 0 Å². The minimum atomic E-state index is 0.525. The molecule has 0 spiro atoms. The molecule has 5 nitrogen and oxygen atoms in total. The third kappa shape index (κ3) is 4.02. The van der Waals surface area contributed by atoms with Crippen molar-refractivity contribution in [2.24, 2.45) is 11.8 Å².